The number of carbonyl (C=O) groups is 1. The summed E-state index contributed by atoms with van der Waals surface area (Å²) in [4.78, 5) is 19.7. The van der Waals surface area contributed by atoms with Gasteiger partial charge in [0.2, 0.25) is 0 Å². The predicted octanol–water partition coefficient (Wildman–Crippen LogP) is 4.69. The van der Waals surface area contributed by atoms with Crippen LogP contribution in [0.4, 0.5) is 0 Å². The number of esters is 1. The Balaban J connectivity index is 3.97. The van der Waals surface area contributed by atoms with Crippen LogP contribution < -0.4 is 0 Å². The molecule has 0 rings (SSSR count). The molecule has 0 aromatic heterocycles. The van der Waals surface area contributed by atoms with E-state index in [2.05, 4.69) is 14.5 Å². The molecule has 6 nitrogen and oxygen atoms in total. The topological polar surface area (TPSA) is 85.2 Å². The van der Waals surface area contributed by atoms with Gasteiger partial charge in [0.15, 0.2) is 0 Å². The Bertz CT molecular complexity index is 403. The maximum absolute atomic E-state index is 11.0. The SMILES string of the molecule is CC/C=C\C=C\C(/C=C/C(CCCCCCCC(=O)OC)OO)OO. The van der Waals surface area contributed by atoms with E-state index in [0.29, 0.717) is 12.8 Å². The molecule has 6 heteroatoms. The zero-order valence-electron chi connectivity index (χ0n) is 15.3. The number of carbonyl (C=O) groups excluding carboxylic acids is 1. The molecule has 25 heavy (non-hydrogen) atoms. The summed E-state index contributed by atoms with van der Waals surface area (Å²) >= 11 is 0. The van der Waals surface area contributed by atoms with Gasteiger partial charge < -0.3 is 4.74 Å². The van der Waals surface area contributed by atoms with Crippen LogP contribution in [0, 0.1) is 0 Å². The van der Waals surface area contributed by atoms with Crippen molar-refractivity contribution in [3.05, 3.63) is 36.5 Å². The van der Waals surface area contributed by atoms with Crippen LogP contribution in [0.1, 0.15) is 58.3 Å². The maximum Gasteiger partial charge on any atom is 0.305 e. The van der Waals surface area contributed by atoms with Crippen LogP contribution in [-0.2, 0) is 19.3 Å². The van der Waals surface area contributed by atoms with Gasteiger partial charge in [-0.05, 0) is 25.3 Å². The van der Waals surface area contributed by atoms with Gasteiger partial charge in [-0.25, -0.2) is 9.78 Å². The Kier molecular flexibility index (Phi) is 16.3. The van der Waals surface area contributed by atoms with Crippen molar-refractivity contribution in [1.82, 2.24) is 0 Å². The number of ether oxygens (including phenoxy) is 1. The molecule has 0 bridgehead atoms. The minimum absolute atomic E-state index is 0.168. The standard InChI is InChI=1S/C19H32O6/c1-3-4-5-9-12-17(24-21)15-16-18(25-22)13-10-7-6-8-11-14-19(20)23-2/h4-5,9,12,15-18,21-22H,3,6-8,10-11,13-14H2,1-2H3/b5-4-,12-9+,16-15+. The lowest BCUT2D eigenvalue weighted by Gasteiger charge is -2.10. The first-order valence-electron chi connectivity index (χ1n) is 8.86. The summed E-state index contributed by atoms with van der Waals surface area (Å²) in [6, 6.07) is 0. The lowest BCUT2D eigenvalue weighted by molar-refractivity contribution is -0.268. The Morgan fingerprint density at radius 3 is 2.32 bits per heavy atom. The minimum Gasteiger partial charge on any atom is -0.469 e. The molecule has 0 heterocycles. The smallest absolute Gasteiger partial charge is 0.305 e. The van der Waals surface area contributed by atoms with Crippen molar-refractivity contribution < 1.29 is 29.8 Å². The number of hydrogen-bond acceptors (Lipinski definition) is 6. The van der Waals surface area contributed by atoms with E-state index < -0.39 is 12.2 Å². The molecule has 0 saturated heterocycles. The molecule has 0 saturated carbocycles. The quantitative estimate of drug-likeness (QED) is 0.111. The van der Waals surface area contributed by atoms with Crippen molar-refractivity contribution in [2.24, 2.45) is 0 Å². The largest absolute Gasteiger partial charge is 0.469 e. The van der Waals surface area contributed by atoms with Gasteiger partial charge in [-0.15, -0.1) is 0 Å². The Morgan fingerprint density at radius 1 is 0.960 bits per heavy atom. The van der Waals surface area contributed by atoms with Crippen molar-refractivity contribution in [2.45, 2.75) is 70.5 Å². The third-order valence-electron chi connectivity index (χ3n) is 3.65. The Morgan fingerprint density at radius 2 is 1.68 bits per heavy atom. The van der Waals surface area contributed by atoms with Gasteiger partial charge in [-0.3, -0.25) is 15.3 Å². The van der Waals surface area contributed by atoms with Crippen LogP contribution >= 0.6 is 0 Å². The fourth-order valence-corrected chi connectivity index (χ4v) is 2.19. The molecular weight excluding hydrogens is 324 g/mol. The monoisotopic (exact) mass is 356 g/mol. The molecule has 0 aromatic carbocycles. The number of hydrogen-bond donors (Lipinski definition) is 2. The molecule has 0 aliphatic heterocycles. The highest BCUT2D eigenvalue weighted by atomic mass is 17.1. The first-order valence-corrected chi connectivity index (χ1v) is 8.86. The van der Waals surface area contributed by atoms with Crippen LogP contribution in [0.15, 0.2) is 36.5 Å². The van der Waals surface area contributed by atoms with Crippen molar-refractivity contribution in [3.8, 4) is 0 Å². The summed E-state index contributed by atoms with van der Waals surface area (Å²) in [5, 5.41) is 17.8. The van der Waals surface area contributed by atoms with Gasteiger partial charge in [0.1, 0.15) is 12.2 Å². The number of allylic oxidation sites excluding steroid dienone is 3. The molecular formula is C19H32O6. The molecule has 144 valence electrons. The summed E-state index contributed by atoms with van der Waals surface area (Å²) in [5.41, 5.74) is 0. The highest BCUT2D eigenvalue weighted by molar-refractivity contribution is 5.68. The summed E-state index contributed by atoms with van der Waals surface area (Å²) in [5.74, 6) is -0.168. The molecule has 2 atom stereocenters. The third kappa shape index (κ3) is 14.6. The van der Waals surface area contributed by atoms with E-state index in [-0.39, 0.29) is 5.97 Å². The molecule has 0 fully saturated rings. The summed E-state index contributed by atoms with van der Waals surface area (Å²) in [7, 11) is 1.40. The number of methoxy groups -OCH3 is 1. The third-order valence-corrected chi connectivity index (χ3v) is 3.65. The molecule has 0 amide bonds. The van der Waals surface area contributed by atoms with Crippen LogP contribution in [0.25, 0.3) is 0 Å². The zero-order chi connectivity index (χ0) is 18.8. The predicted molar refractivity (Wildman–Crippen MR) is 97.0 cm³/mol. The second-order valence-electron chi connectivity index (χ2n) is 5.70. The number of rotatable bonds is 15. The lowest BCUT2D eigenvalue weighted by atomic mass is 10.1. The first kappa shape index (κ1) is 23.5. The van der Waals surface area contributed by atoms with Gasteiger partial charge in [0.25, 0.3) is 0 Å². The highest BCUT2D eigenvalue weighted by Crippen LogP contribution is 2.12. The van der Waals surface area contributed by atoms with E-state index in [1.54, 1.807) is 24.3 Å². The normalized spacial score (nSPS) is 14.6. The van der Waals surface area contributed by atoms with Crippen LogP contribution in [0.2, 0.25) is 0 Å². The molecule has 0 aliphatic carbocycles. The Labute approximate surface area is 150 Å². The van der Waals surface area contributed by atoms with Crippen molar-refractivity contribution in [2.75, 3.05) is 7.11 Å². The van der Waals surface area contributed by atoms with Crippen LogP contribution in [0.3, 0.4) is 0 Å². The molecule has 0 spiro atoms. The summed E-state index contributed by atoms with van der Waals surface area (Å²) < 4.78 is 4.59. The molecule has 0 aliphatic rings. The van der Waals surface area contributed by atoms with Crippen molar-refractivity contribution in [1.29, 1.82) is 0 Å². The van der Waals surface area contributed by atoms with Crippen molar-refractivity contribution >= 4 is 5.97 Å². The molecule has 2 unspecified atom stereocenters. The average Bonchev–Trinajstić information content (AvgIpc) is 2.64. The Hall–Kier alpha value is -1.47. The van der Waals surface area contributed by atoms with E-state index in [9.17, 15) is 4.79 Å². The fraction of sp³-hybridized carbons (Fsp3) is 0.632. The van der Waals surface area contributed by atoms with Gasteiger partial charge in [0.05, 0.1) is 7.11 Å². The summed E-state index contributed by atoms with van der Waals surface area (Å²) in [6.07, 6.45) is 16.4. The second-order valence-corrected chi connectivity index (χ2v) is 5.70. The summed E-state index contributed by atoms with van der Waals surface area (Å²) in [6.45, 7) is 2.03. The second kappa shape index (κ2) is 17.4. The van der Waals surface area contributed by atoms with Gasteiger partial charge in [-0.2, -0.15) is 0 Å². The highest BCUT2D eigenvalue weighted by Gasteiger charge is 2.07. The van der Waals surface area contributed by atoms with E-state index in [0.717, 1.165) is 38.5 Å². The molecule has 0 aromatic rings. The molecule has 2 N–H and O–H groups in total. The van der Waals surface area contributed by atoms with E-state index >= 15 is 0 Å². The maximum atomic E-state index is 11.0. The van der Waals surface area contributed by atoms with Crippen LogP contribution in [-0.4, -0.2) is 35.8 Å². The van der Waals surface area contributed by atoms with Crippen LogP contribution in [0.5, 0.6) is 0 Å². The van der Waals surface area contributed by atoms with E-state index in [1.807, 2.05) is 19.1 Å². The minimum atomic E-state index is -0.586. The number of unbranched alkanes of at least 4 members (excludes halogenated alkanes) is 4. The first-order chi connectivity index (χ1) is 12.2. The van der Waals surface area contributed by atoms with Crippen molar-refractivity contribution in [3.63, 3.8) is 0 Å². The fourth-order valence-electron chi connectivity index (χ4n) is 2.19. The average molecular weight is 356 g/mol. The van der Waals surface area contributed by atoms with Gasteiger partial charge in [0, 0.05) is 6.42 Å². The zero-order valence-corrected chi connectivity index (χ0v) is 15.3. The molecule has 0 radical (unpaired) electrons. The van der Waals surface area contributed by atoms with E-state index in [4.69, 9.17) is 10.5 Å². The van der Waals surface area contributed by atoms with E-state index in [1.165, 1.54) is 7.11 Å². The lowest BCUT2D eigenvalue weighted by Crippen LogP contribution is -2.10. The van der Waals surface area contributed by atoms with Gasteiger partial charge in [-0.1, -0.05) is 63.0 Å². The van der Waals surface area contributed by atoms with Gasteiger partial charge >= 0.3 is 5.97 Å².